The minimum Gasteiger partial charge on any atom is -0.0631 e. The minimum atomic E-state index is -0.179. The molecule has 0 spiro atoms. The molecule has 0 heterocycles. The molecule has 0 aliphatic carbocycles. The quantitative estimate of drug-likeness (QED) is 0.565. The van der Waals surface area contributed by atoms with Gasteiger partial charge >= 0.3 is 0 Å². The van der Waals surface area contributed by atoms with Crippen molar-refractivity contribution in [3.63, 3.8) is 0 Å². The molecule has 0 aliphatic heterocycles. The van der Waals surface area contributed by atoms with E-state index in [1.165, 1.54) is 9.76 Å². The van der Waals surface area contributed by atoms with E-state index in [1.807, 2.05) is 0 Å². The van der Waals surface area contributed by atoms with Crippen molar-refractivity contribution in [2.45, 2.75) is 39.8 Å². The summed E-state index contributed by atoms with van der Waals surface area (Å²) in [5, 5.41) is 0. The lowest BCUT2D eigenvalue weighted by Crippen LogP contribution is -2.17. The lowest BCUT2D eigenvalue weighted by Gasteiger charge is -2.14. The van der Waals surface area contributed by atoms with E-state index in [-0.39, 0.29) is 8.31 Å². The second-order valence-electron chi connectivity index (χ2n) is 4.36. The maximum atomic E-state index is 2.36. The topological polar surface area (TPSA) is 0 Å². The van der Waals surface area contributed by atoms with Crippen molar-refractivity contribution in [3.8, 4) is 0 Å². The Labute approximate surface area is 70.2 Å². The molecule has 10 heavy (non-hydrogen) atoms. The Morgan fingerprint density at radius 1 is 1.00 bits per heavy atom. The van der Waals surface area contributed by atoms with E-state index in [9.17, 15) is 0 Å². The summed E-state index contributed by atoms with van der Waals surface area (Å²) in [5.74, 6) is 1.93. The van der Waals surface area contributed by atoms with E-state index in [0.717, 1.165) is 11.8 Å². The normalized spacial score (nSPS) is 12.3. The highest BCUT2D eigenvalue weighted by atomic mass is 29.1. The molecule has 0 unspecified atom stereocenters. The average molecular weight is 174 g/mol. The van der Waals surface area contributed by atoms with Crippen molar-refractivity contribution in [3.05, 3.63) is 0 Å². The summed E-state index contributed by atoms with van der Waals surface area (Å²) >= 11 is 0. The molecule has 0 rings (SSSR count). The first-order valence-corrected chi connectivity index (χ1v) is 10.8. The van der Waals surface area contributed by atoms with Crippen LogP contribution in [0.3, 0.4) is 0 Å². The Kier molecular flexibility index (Phi) is 5.36. The van der Waals surface area contributed by atoms with Crippen molar-refractivity contribution in [1.29, 1.82) is 0 Å². The van der Waals surface area contributed by atoms with Crippen LogP contribution in [0.4, 0.5) is 0 Å². The third kappa shape index (κ3) is 6.55. The standard InChI is InChI=1S/C8H22Si2/c1-7(2)5-10(9)6-8(3)4/h7-8,10H,5-6H2,1-4,9H3. The van der Waals surface area contributed by atoms with Gasteiger partial charge in [0.2, 0.25) is 0 Å². The summed E-state index contributed by atoms with van der Waals surface area (Å²) in [6.07, 6.45) is 0. The zero-order chi connectivity index (χ0) is 8.15. The maximum Gasteiger partial charge on any atom is 0.0207 e. The van der Waals surface area contributed by atoms with E-state index in [2.05, 4.69) is 27.7 Å². The minimum absolute atomic E-state index is 0.179. The predicted octanol–water partition coefficient (Wildman–Crippen LogP) is 1.39. The van der Waals surface area contributed by atoms with Gasteiger partial charge in [-0.05, 0) is 21.6 Å². The van der Waals surface area contributed by atoms with Crippen LogP contribution in [0.1, 0.15) is 27.7 Å². The molecule has 0 aromatic heterocycles. The molecule has 0 nitrogen and oxygen atoms in total. The van der Waals surface area contributed by atoms with Gasteiger partial charge < -0.3 is 0 Å². The van der Waals surface area contributed by atoms with Gasteiger partial charge in [-0.2, -0.15) is 0 Å². The Bertz CT molecular complexity index is 69.3. The van der Waals surface area contributed by atoms with Crippen molar-refractivity contribution < 1.29 is 0 Å². The van der Waals surface area contributed by atoms with Crippen LogP contribution in [0.25, 0.3) is 0 Å². The van der Waals surface area contributed by atoms with E-state index < -0.39 is 0 Å². The summed E-state index contributed by atoms with van der Waals surface area (Å²) in [6, 6.07) is 3.18. The third-order valence-corrected chi connectivity index (χ3v) is 8.07. The molecule has 0 fully saturated rings. The monoisotopic (exact) mass is 174 g/mol. The van der Waals surface area contributed by atoms with Crippen molar-refractivity contribution in [2.24, 2.45) is 11.8 Å². The first-order valence-electron chi connectivity index (χ1n) is 4.52. The number of hydrogen-bond donors (Lipinski definition) is 0. The van der Waals surface area contributed by atoms with Gasteiger partial charge in [-0.1, -0.05) is 39.8 Å². The van der Waals surface area contributed by atoms with Crippen LogP contribution in [0.15, 0.2) is 0 Å². The van der Waals surface area contributed by atoms with Gasteiger partial charge in [0.25, 0.3) is 0 Å². The van der Waals surface area contributed by atoms with Crippen LogP contribution in [0.2, 0.25) is 12.1 Å². The highest BCUT2D eigenvalue weighted by Gasteiger charge is 2.07. The number of rotatable bonds is 4. The highest BCUT2D eigenvalue weighted by Crippen LogP contribution is 2.11. The Hall–Kier alpha value is 0.434. The molecule has 2 heteroatoms. The fraction of sp³-hybridized carbons (Fsp3) is 1.00. The van der Waals surface area contributed by atoms with Crippen molar-refractivity contribution >= 4 is 18.1 Å². The second-order valence-corrected chi connectivity index (χ2v) is 12.4. The lowest BCUT2D eigenvalue weighted by molar-refractivity contribution is 0.697. The average Bonchev–Trinajstić information content (AvgIpc) is 1.58. The summed E-state index contributed by atoms with van der Waals surface area (Å²) < 4.78 is 0. The SMILES string of the molecule is CC(C)C[SiH]([SiH3])CC(C)C. The Morgan fingerprint density at radius 2 is 1.30 bits per heavy atom. The van der Waals surface area contributed by atoms with E-state index in [4.69, 9.17) is 0 Å². The molecule has 0 aromatic rings. The lowest BCUT2D eigenvalue weighted by atomic mass is 10.3. The summed E-state index contributed by atoms with van der Waals surface area (Å²) in [5.41, 5.74) is 0. The van der Waals surface area contributed by atoms with Gasteiger partial charge in [0.05, 0.1) is 0 Å². The van der Waals surface area contributed by atoms with Crippen LogP contribution < -0.4 is 0 Å². The molecule has 0 saturated carbocycles. The Morgan fingerprint density at radius 3 is 1.50 bits per heavy atom. The first kappa shape index (κ1) is 10.4. The first-order chi connectivity index (χ1) is 4.52. The molecule has 0 saturated heterocycles. The second kappa shape index (κ2) is 5.13. The maximum absolute atomic E-state index is 2.36. The fourth-order valence-electron chi connectivity index (χ4n) is 1.71. The fourth-order valence-corrected chi connectivity index (χ4v) is 10.8. The van der Waals surface area contributed by atoms with Gasteiger partial charge in [-0.25, -0.2) is 0 Å². The zero-order valence-corrected chi connectivity index (χ0v) is 11.3. The molecule has 0 aliphatic rings. The molecule has 0 amide bonds. The summed E-state index contributed by atoms with van der Waals surface area (Å²) in [7, 11) is 1.34. The van der Waals surface area contributed by atoms with Gasteiger partial charge in [-0.15, -0.1) is 0 Å². The smallest absolute Gasteiger partial charge is 0.0207 e. The predicted molar refractivity (Wildman–Crippen MR) is 56.4 cm³/mol. The van der Waals surface area contributed by atoms with Gasteiger partial charge in [-0.3, -0.25) is 0 Å². The molecule has 0 N–H and O–H groups in total. The van der Waals surface area contributed by atoms with Gasteiger partial charge in [0.1, 0.15) is 0 Å². The van der Waals surface area contributed by atoms with Crippen LogP contribution in [0.5, 0.6) is 0 Å². The summed E-state index contributed by atoms with van der Waals surface area (Å²) in [4.78, 5) is 0. The van der Waals surface area contributed by atoms with E-state index >= 15 is 0 Å². The Balaban J connectivity index is 3.34. The van der Waals surface area contributed by atoms with Gasteiger partial charge in [0, 0.05) is 8.31 Å². The van der Waals surface area contributed by atoms with E-state index in [0.29, 0.717) is 0 Å². The molecule has 0 radical (unpaired) electrons. The third-order valence-electron chi connectivity index (χ3n) is 1.75. The molecular weight excluding hydrogens is 152 g/mol. The summed E-state index contributed by atoms with van der Waals surface area (Å²) in [6.45, 7) is 9.44. The zero-order valence-electron chi connectivity index (χ0n) is 8.15. The molecule has 0 atom stereocenters. The molecule has 62 valence electrons. The molecule has 0 aromatic carbocycles. The van der Waals surface area contributed by atoms with Crippen LogP contribution in [-0.2, 0) is 0 Å². The van der Waals surface area contributed by atoms with Crippen LogP contribution in [-0.4, -0.2) is 18.1 Å². The largest absolute Gasteiger partial charge is 0.0631 e. The van der Waals surface area contributed by atoms with Crippen molar-refractivity contribution in [2.75, 3.05) is 0 Å². The van der Waals surface area contributed by atoms with Gasteiger partial charge in [0.15, 0.2) is 0 Å². The molecule has 0 bridgehead atoms. The van der Waals surface area contributed by atoms with E-state index in [1.54, 1.807) is 12.1 Å². The highest BCUT2D eigenvalue weighted by molar-refractivity contribution is 7.03. The van der Waals surface area contributed by atoms with Crippen molar-refractivity contribution in [1.82, 2.24) is 0 Å². The number of hydrogen-bond acceptors (Lipinski definition) is 0. The molecular formula is C8H22Si2. The van der Waals surface area contributed by atoms with Crippen LogP contribution in [0, 0.1) is 11.8 Å². The van der Waals surface area contributed by atoms with Crippen LogP contribution >= 0.6 is 0 Å².